The molecule has 2 aliphatic rings. The predicted octanol–water partition coefficient (Wildman–Crippen LogP) is 3.98. The van der Waals surface area contributed by atoms with Crippen LogP contribution in [0.3, 0.4) is 0 Å². The summed E-state index contributed by atoms with van der Waals surface area (Å²) in [6.45, 7) is 0. The lowest BCUT2D eigenvalue weighted by atomic mass is 9.77. The molecule has 12 N–H and O–H groups in total. The molecule has 0 aromatic heterocycles. The van der Waals surface area contributed by atoms with Crippen LogP contribution < -0.4 is 9.47 Å². The first kappa shape index (κ1) is 34.4. The fraction of sp³-hybridized carbons (Fsp3) is 0.162. The number of carbonyl (C=O) groups is 1. The van der Waals surface area contributed by atoms with E-state index in [0.717, 1.165) is 42.5 Å². The van der Waals surface area contributed by atoms with E-state index >= 15 is 0 Å². The van der Waals surface area contributed by atoms with Crippen LogP contribution in [0.2, 0.25) is 0 Å². The standard InChI is InChI=1S/C37H30O16/c38-16-3-1-2-13(4-16)35-33(49)30(28-20(41)9-17(39)10-26(28)51-35)29-21(42)12-19(40)18-11-27(52-37(50)15-7-24(45)32(48)25(46)8-15)34(53-36(18)29)14-5-22(43)31(47)23(44)6-14/h1-10,12,27,30,33-35,38-49H,11H2. The van der Waals surface area contributed by atoms with Crippen molar-refractivity contribution in [1.29, 1.82) is 0 Å². The number of fused-ring (bicyclic) bond motifs is 2. The van der Waals surface area contributed by atoms with E-state index in [1.54, 1.807) is 0 Å². The van der Waals surface area contributed by atoms with Gasteiger partial charge in [0.2, 0.25) is 0 Å². The van der Waals surface area contributed by atoms with E-state index in [2.05, 4.69) is 0 Å². The van der Waals surface area contributed by atoms with Gasteiger partial charge in [-0.3, -0.25) is 0 Å². The highest BCUT2D eigenvalue weighted by Gasteiger charge is 2.47. The molecular weight excluding hydrogens is 700 g/mol. The van der Waals surface area contributed by atoms with Crippen molar-refractivity contribution in [3.8, 4) is 74.7 Å². The molecule has 0 saturated carbocycles. The smallest absolute Gasteiger partial charge is 0.338 e. The highest BCUT2D eigenvalue weighted by atomic mass is 16.6. The molecule has 0 aliphatic carbocycles. The predicted molar refractivity (Wildman–Crippen MR) is 178 cm³/mol. The first-order valence-electron chi connectivity index (χ1n) is 15.8. The van der Waals surface area contributed by atoms with Crippen LogP contribution in [0, 0.1) is 0 Å². The van der Waals surface area contributed by atoms with Crippen molar-refractivity contribution in [1.82, 2.24) is 0 Å². The molecule has 16 heteroatoms. The summed E-state index contributed by atoms with van der Waals surface area (Å²) in [6.07, 6.45) is -6.38. The van der Waals surface area contributed by atoms with Gasteiger partial charge >= 0.3 is 5.97 Å². The summed E-state index contributed by atoms with van der Waals surface area (Å²) in [5, 5.41) is 127. The van der Waals surface area contributed by atoms with Gasteiger partial charge in [0.05, 0.1) is 11.5 Å². The molecule has 0 fully saturated rings. The monoisotopic (exact) mass is 730 g/mol. The summed E-state index contributed by atoms with van der Waals surface area (Å²) in [5.41, 5.74) is -0.706. The quantitative estimate of drug-likeness (QED) is 0.0899. The van der Waals surface area contributed by atoms with Crippen molar-refractivity contribution in [2.24, 2.45) is 0 Å². The van der Waals surface area contributed by atoms with Crippen LogP contribution in [0.1, 0.15) is 56.3 Å². The Bertz CT molecular complexity index is 2260. The topological polar surface area (TPSA) is 288 Å². The fourth-order valence-electron chi connectivity index (χ4n) is 6.78. The Hall–Kier alpha value is -7.07. The molecule has 5 aromatic carbocycles. The third-order valence-corrected chi connectivity index (χ3v) is 9.18. The molecule has 0 saturated heterocycles. The molecule has 0 spiro atoms. The molecule has 0 bridgehead atoms. The average molecular weight is 731 g/mol. The SMILES string of the molecule is O=C(OC1Cc2c(O)cc(O)c(C3c4c(O)cc(O)cc4OC(c4cccc(O)c4)C3O)c2OC1c1cc(O)c(O)c(O)c1)c1cc(O)c(O)c(O)c1. The molecular formula is C37H30O16. The van der Waals surface area contributed by atoms with Gasteiger partial charge in [0.1, 0.15) is 52.5 Å². The van der Waals surface area contributed by atoms with E-state index in [1.807, 2.05) is 0 Å². The number of carbonyl (C=O) groups excluding carboxylic acids is 1. The summed E-state index contributed by atoms with van der Waals surface area (Å²) in [5.74, 6) is -10.5. The Balaban J connectivity index is 1.40. The van der Waals surface area contributed by atoms with Crippen molar-refractivity contribution in [3.05, 3.63) is 100 Å². The molecule has 53 heavy (non-hydrogen) atoms. The minimum atomic E-state index is -1.67. The summed E-state index contributed by atoms with van der Waals surface area (Å²) in [4.78, 5) is 13.4. The number of aromatic hydroxyl groups is 11. The van der Waals surface area contributed by atoms with Crippen LogP contribution in [0.4, 0.5) is 0 Å². The maximum Gasteiger partial charge on any atom is 0.338 e. The van der Waals surface area contributed by atoms with Crippen LogP contribution in [-0.2, 0) is 11.2 Å². The van der Waals surface area contributed by atoms with Crippen molar-refractivity contribution in [2.75, 3.05) is 0 Å². The number of aliphatic hydroxyl groups excluding tert-OH is 1. The molecule has 274 valence electrons. The van der Waals surface area contributed by atoms with Crippen molar-refractivity contribution >= 4 is 5.97 Å². The first-order valence-corrected chi connectivity index (χ1v) is 15.8. The lowest BCUT2D eigenvalue weighted by Crippen LogP contribution is -2.38. The highest BCUT2D eigenvalue weighted by molar-refractivity contribution is 5.91. The fourth-order valence-corrected chi connectivity index (χ4v) is 6.78. The lowest BCUT2D eigenvalue weighted by molar-refractivity contribution is -0.0211. The van der Waals surface area contributed by atoms with Gasteiger partial charge in [0.25, 0.3) is 0 Å². The van der Waals surface area contributed by atoms with Gasteiger partial charge in [0.15, 0.2) is 46.7 Å². The van der Waals surface area contributed by atoms with Crippen LogP contribution in [-0.4, -0.2) is 79.5 Å². The Morgan fingerprint density at radius 3 is 1.87 bits per heavy atom. The molecule has 0 radical (unpaired) electrons. The van der Waals surface area contributed by atoms with E-state index in [9.17, 15) is 66.1 Å². The van der Waals surface area contributed by atoms with E-state index in [4.69, 9.17) is 14.2 Å². The third kappa shape index (κ3) is 5.85. The summed E-state index contributed by atoms with van der Waals surface area (Å²) < 4.78 is 18.1. The minimum Gasteiger partial charge on any atom is -0.508 e. The maximum atomic E-state index is 13.4. The van der Waals surface area contributed by atoms with Crippen LogP contribution in [0.25, 0.3) is 0 Å². The Kier molecular flexibility index (Phi) is 8.18. The number of rotatable bonds is 5. The molecule has 7 rings (SSSR count). The van der Waals surface area contributed by atoms with Crippen molar-refractivity contribution in [2.45, 2.75) is 36.8 Å². The summed E-state index contributed by atoms with van der Waals surface area (Å²) in [6, 6.07) is 12.4. The van der Waals surface area contributed by atoms with Gasteiger partial charge in [-0.05, 0) is 42.0 Å². The second-order valence-electron chi connectivity index (χ2n) is 12.6. The zero-order valence-corrected chi connectivity index (χ0v) is 26.9. The van der Waals surface area contributed by atoms with Gasteiger partial charge in [0, 0.05) is 46.9 Å². The normalized spacial score (nSPS) is 20.4. The number of benzene rings is 5. The summed E-state index contributed by atoms with van der Waals surface area (Å²) >= 11 is 0. The molecule has 2 heterocycles. The van der Waals surface area contributed by atoms with E-state index in [-0.39, 0.29) is 45.1 Å². The largest absolute Gasteiger partial charge is 0.508 e. The van der Waals surface area contributed by atoms with Gasteiger partial charge in [-0.1, -0.05) is 12.1 Å². The van der Waals surface area contributed by atoms with Crippen LogP contribution in [0.15, 0.2) is 66.7 Å². The molecule has 5 aromatic rings. The van der Waals surface area contributed by atoms with E-state index < -0.39 is 106 Å². The van der Waals surface area contributed by atoms with E-state index in [0.29, 0.717) is 0 Å². The van der Waals surface area contributed by atoms with Crippen LogP contribution >= 0.6 is 0 Å². The van der Waals surface area contributed by atoms with Crippen molar-refractivity contribution < 1.29 is 80.3 Å². The Labute approximate surface area is 297 Å². The average Bonchev–Trinajstić information content (AvgIpc) is 3.09. The van der Waals surface area contributed by atoms with Crippen LogP contribution in [0.5, 0.6) is 74.7 Å². The number of hydrogen-bond acceptors (Lipinski definition) is 16. The Morgan fingerprint density at radius 1 is 0.604 bits per heavy atom. The van der Waals surface area contributed by atoms with Gasteiger partial charge in [-0.15, -0.1) is 0 Å². The molecule has 0 amide bonds. The minimum absolute atomic E-state index is 0.0945. The maximum absolute atomic E-state index is 13.4. The molecule has 5 atom stereocenters. The number of esters is 1. The molecule has 2 aliphatic heterocycles. The second-order valence-corrected chi connectivity index (χ2v) is 12.6. The second kappa shape index (κ2) is 12.6. The lowest BCUT2D eigenvalue weighted by Gasteiger charge is -2.40. The highest BCUT2D eigenvalue weighted by Crippen LogP contribution is 2.57. The molecule has 5 unspecified atom stereocenters. The van der Waals surface area contributed by atoms with Crippen molar-refractivity contribution in [3.63, 3.8) is 0 Å². The summed E-state index contributed by atoms with van der Waals surface area (Å²) in [7, 11) is 0. The zero-order chi connectivity index (χ0) is 38.0. The van der Waals surface area contributed by atoms with Gasteiger partial charge < -0.3 is 75.5 Å². The first-order chi connectivity index (χ1) is 25.1. The van der Waals surface area contributed by atoms with Gasteiger partial charge in [-0.2, -0.15) is 0 Å². The Morgan fingerprint density at radius 2 is 1.23 bits per heavy atom. The number of hydrogen-bond donors (Lipinski definition) is 12. The number of phenols is 11. The number of ether oxygens (including phenoxy) is 3. The molecule has 16 nitrogen and oxygen atoms in total. The zero-order valence-electron chi connectivity index (χ0n) is 26.9. The van der Waals surface area contributed by atoms with E-state index in [1.165, 1.54) is 24.3 Å². The number of aliphatic hydroxyl groups is 1. The van der Waals surface area contributed by atoms with Gasteiger partial charge in [-0.25, -0.2) is 4.79 Å². The third-order valence-electron chi connectivity index (χ3n) is 9.18. The number of phenolic OH excluding ortho intramolecular Hbond substituents is 11.